The molecule has 0 aliphatic rings. The Morgan fingerprint density at radius 2 is 1.88 bits per heavy atom. The lowest BCUT2D eigenvalue weighted by Crippen LogP contribution is -2.27. The van der Waals surface area contributed by atoms with Crippen LogP contribution in [0.15, 0.2) is 24.3 Å². The second-order valence-corrected chi connectivity index (χ2v) is 3.70. The van der Waals surface area contributed by atoms with Crippen molar-refractivity contribution in [3.8, 4) is 0 Å². The molecule has 0 radical (unpaired) electrons. The molecule has 1 rings (SSSR count). The number of nitrogen functional groups attached to an aromatic ring is 1. The van der Waals surface area contributed by atoms with Crippen molar-refractivity contribution in [2.75, 3.05) is 19.3 Å². The lowest BCUT2D eigenvalue weighted by atomic mass is 10.2. The van der Waals surface area contributed by atoms with Crippen LogP contribution in [0.2, 0.25) is 0 Å². The van der Waals surface area contributed by atoms with Crippen LogP contribution in [0, 0.1) is 0 Å². The molecule has 0 atom stereocenters. The number of hydrogen-bond donors (Lipinski definition) is 1. The van der Waals surface area contributed by atoms with Gasteiger partial charge in [-0.2, -0.15) is 0 Å². The van der Waals surface area contributed by atoms with Gasteiger partial charge in [-0.25, -0.2) is 0 Å². The van der Waals surface area contributed by atoms with Crippen LogP contribution < -0.4 is 5.73 Å². The van der Waals surface area contributed by atoms with Crippen LogP contribution in [-0.4, -0.2) is 24.4 Å². The second kappa shape index (κ2) is 7.12. The molecular weight excluding hydrogens is 224 g/mol. The summed E-state index contributed by atoms with van der Waals surface area (Å²) in [5, 5.41) is 0. The summed E-state index contributed by atoms with van der Waals surface area (Å²) in [6.45, 7) is 2.92. The van der Waals surface area contributed by atoms with Gasteiger partial charge in [0.15, 0.2) is 0 Å². The Kier molecular flexibility index (Phi) is 6.58. The molecule has 1 amide bonds. The average molecular weight is 243 g/mol. The van der Waals surface area contributed by atoms with Crippen LogP contribution in [0.25, 0.3) is 0 Å². The summed E-state index contributed by atoms with van der Waals surface area (Å²) in [5.74, 6) is 0.0588. The fourth-order valence-electron chi connectivity index (χ4n) is 1.34. The van der Waals surface area contributed by atoms with E-state index in [0.717, 1.165) is 19.4 Å². The van der Waals surface area contributed by atoms with Gasteiger partial charge in [-0.15, -0.1) is 12.4 Å². The van der Waals surface area contributed by atoms with Crippen molar-refractivity contribution in [3.63, 3.8) is 0 Å². The number of hydrogen-bond acceptors (Lipinski definition) is 2. The number of carbonyl (C=O) groups excluding carboxylic acids is 1. The molecule has 0 aromatic heterocycles. The maximum Gasteiger partial charge on any atom is 0.253 e. The first-order chi connectivity index (χ1) is 7.15. The van der Waals surface area contributed by atoms with Crippen LogP contribution in [0.5, 0.6) is 0 Å². The first kappa shape index (κ1) is 14.8. The number of benzene rings is 1. The molecule has 2 N–H and O–H groups in total. The molecule has 1 aromatic carbocycles. The van der Waals surface area contributed by atoms with Gasteiger partial charge in [-0.3, -0.25) is 4.79 Å². The van der Waals surface area contributed by atoms with E-state index in [1.165, 1.54) is 0 Å². The summed E-state index contributed by atoms with van der Waals surface area (Å²) in [6.07, 6.45) is 2.14. The maximum atomic E-state index is 11.8. The highest BCUT2D eigenvalue weighted by Crippen LogP contribution is 2.08. The molecule has 0 saturated carbocycles. The van der Waals surface area contributed by atoms with Gasteiger partial charge < -0.3 is 10.6 Å². The Balaban J connectivity index is 0.00000225. The zero-order valence-corrected chi connectivity index (χ0v) is 10.6. The molecule has 3 nitrogen and oxygen atoms in total. The minimum atomic E-state index is 0. The highest BCUT2D eigenvalue weighted by atomic mass is 35.5. The monoisotopic (exact) mass is 242 g/mol. The lowest BCUT2D eigenvalue weighted by molar-refractivity contribution is 0.0793. The Morgan fingerprint density at radius 1 is 1.31 bits per heavy atom. The Hall–Kier alpha value is -1.22. The van der Waals surface area contributed by atoms with Crippen LogP contribution in [0.1, 0.15) is 30.1 Å². The van der Waals surface area contributed by atoms with E-state index >= 15 is 0 Å². The zero-order chi connectivity index (χ0) is 11.3. The lowest BCUT2D eigenvalue weighted by Gasteiger charge is -2.16. The minimum absolute atomic E-state index is 0. The van der Waals surface area contributed by atoms with Crippen molar-refractivity contribution < 1.29 is 4.79 Å². The molecule has 0 bridgehead atoms. The molecule has 0 aliphatic heterocycles. The highest BCUT2D eigenvalue weighted by molar-refractivity contribution is 5.94. The van der Waals surface area contributed by atoms with E-state index in [1.54, 1.807) is 29.2 Å². The average Bonchev–Trinajstić information content (AvgIpc) is 2.26. The van der Waals surface area contributed by atoms with Crippen molar-refractivity contribution >= 4 is 24.0 Å². The number of rotatable bonds is 4. The molecule has 90 valence electrons. The van der Waals surface area contributed by atoms with Crippen molar-refractivity contribution in [1.29, 1.82) is 0 Å². The molecule has 0 unspecified atom stereocenters. The molecule has 0 heterocycles. The largest absolute Gasteiger partial charge is 0.399 e. The summed E-state index contributed by atoms with van der Waals surface area (Å²) < 4.78 is 0. The van der Waals surface area contributed by atoms with Crippen molar-refractivity contribution in [3.05, 3.63) is 29.8 Å². The van der Waals surface area contributed by atoms with Crippen LogP contribution in [0.3, 0.4) is 0 Å². The predicted octanol–water partition coefficient (Wildman–Crippen LogP) is 2.56. The second-order valence-electron chi connectivity index (χ2n) is 3.70. The molecule has 1 aromatic rings. The quantitative estimate of drug-likeness (QED) is 0.825. The van der Waals surface area contributed by atoms with E-state index in [4.69, 9.17) is 5.73 Å². The van der Waals surface area contributed by atoms with E-state index in [2.05, 4.69) is 6.92 Å². The van der Waals surface area contributed by atoms with Gasteiger partial charge >= 0.3 is 0 Å². The molecule has 4 heteroatoms. The van der Waals surface area contributed by atoms with E-state index in [0.29, 0.717) is 11.3 Å². The van der Waals surface area contributed by atoms with E-state index in [9.17, 15) is 4.79 Å². The Labute approximate surface area is 103 Å². The molecule has 0 saturated heterocycles. The number of unbranched alkanes of at least 4 members (excludes halogenated alkanes) is 1. The van der Waals surface area contributed by atoms with Gasteiger partial charge in [0.05, 0.1) is 0 Å². The Bertz CT molecular complexity index is 324. The predicted molar refractivity (Wildman–Crippen MR) is 70.0 cm³/mol. The number of nitrogens with two attached hydrogens (primary N) is 1. The summed E-state index contributed by atoms with van der Waals surface area (Å²) in [6, 6.07) is 7.03. The van der Waals surface area contributed by atoms with Gasteiger partial charge in [0, 0.05) is 24.8 Å². The third-order valence-corrected chi connectivity index (χ3v) is 2.35. The van der Waals surface area contributed by atoms with E-state index < -0.39 is 0 Å². The minimum Gasteiger partial charge on any atom is -0.399 e. The molecular formula is C12H19ClN2O. The molecule has 0 aliphatic carbocycles. The van der Waals surface area contributed by atoms with Crippen LogP contribution in [-0.2, 0) is 0 Å². The smallest absolute Gasteiger partial charge is 0.253 e. The van der Waals surface area contributed by atoms with Gasteiger partial charge in [0.2, 0.25) is 0 Å². The normalized spacial score (nSPS) is 9.38. The SMILES string of the molecule is CCCCN(C)C(=O)c1ccc(N)cc1.Cl. The number of amides is 1. The van der Waals surface area contributed by atoms with E-state index in [-0.39, 0.29) is 18.3 Å². The van der Waals surface area contributed by atoms with E-state index in [1.807, 2.05) is 7.05 Å². The third kappa shape index (κ3) is 4.11. The zero-order valence-electron chi connectivity index (χ0n) is 9.77. The van der Waals surface area contributed by atoms with Gasteiger partial charge in [-0.05, 0) is 30.7 Å². The standard InChI is InChI=1S/C12H18N2O.ClH/c1-3-4-9-14(2)12(15)10-5-7-11(13)8-6-10;/h5-8H,3-4,9,13H2,1-2H3;1H. The summed E-state index contributed by atoms with van der Waals surface area (Å²) >= 11 is 0. The number of halogens is 1. The van der Waals surface area contributed by atoms with Crippen molar-refractivity contribution in [1.82, 2.24) is 4.90 Å². The fourth-order valence-corrected chi connectivity index (χ4v) is 1.34. The summed E-state index contributed by atoms with van der Waals surface area (Å²) in [7, 11) is 1.83. The molecule has 0 fully saturated rings. The summed E-state index contributed by atoms with van der Waals surface area (Å²) in [4.78, 5) is 13.6. The Morgan fingerprint density at radius 3 is 2.38 bits per heavy atom. The number of nitrogens with zero attached hydrogens (tertiary/aromatic N) is 1. The van der Waals surface area contributed by atoms with Crippen LogP contribution >= 0.6 is 12.4 Å². The van der Waals surface area contributed by atoms with Gasteiger partial charge in [0.1, 0.15) is 0 Å². The highest BCUT2D eigenvalue weighted by Gasteiger charge is 2.09. The fraction of sp³-hybridized carbons (Fsp3) is 0.417. The first-order valence-electron chi connectivity index (χ1n) is 5.26. The summed E-state index contributed by atoms with van der Waals surface area (Å²) in [5.41, 5.74) is 6.94. The number of anilines is 1. The molecule has 16 heavy (non-hydrogen) atoms. The maximum absolute atomic E-state index is 11.8. The topological polar surface area (TPSA) is 46.3 Å². The van der Waals surface area contributed by atoms with Crippen molar-refractivity contribution in [2.24, 2.45) is 0 Å². The molecule has 0 spiro atoms. The number of carbonyl (C=O) groups is 1. The third-order valence-electron chi connectivity index (χ3n) is 2.35. The first-order valence-corrected chi connectivity index (χ1v) is 5.26. The van der Waals surface area contributed by atoms with Crippen LogP contribution in [0.4, 0.5) is 5.69 Å². The van der Waals surface area contributed by atoms with Gasteiger partial charge in [-0.1, -0.05) is 13.3 Å². The van der Waals surface area contributed by atoms with Crippen molar-refractivity contribution in [2.45, 2.75) is 19.8 Å². The van der Waals surface area contributed by atoms with Gasteiger partial charge in [0.25, 0.3) is 5.91 Å².